The van der Waals surface area contributed by atoms with Crippen LogP contribution in [0.25, 0.3) is 0 Å². The first-order valence-corrected chi connectivity index (χ1v) is 4.45. The van der Waals surface area contributed by atoms with Crippen LogP contribution in [0.5, 0.6) is 0 Å². The molecule has 0 radical (unpaired) electrons. The molecule has 1 fully saturated rings. The Morgan fingerprint density at radius 3 is 2.86 bits per heavy atom. The van der Waals surface area contributed by atoms with E-state index < -0.39 is 11.8 Å². The second kappa shape index (κ2) is 3.25. The van der Waals surface area contributed by atoms with Gasteiger partial charge < -0.3 is 9.67 Å². The number of carboxylic acids is 1. The van der Waals surface area contributed by atoms with Crippen LogP contribution in [0.1, 0.15) is 24.6 Å². The molecule has 0 amide bonds. The fraction of sp³-hybridized carbons (Fsp3) is 0.444. The molecule has 0 aromatic carbocycles. The van der Waals surface area contributed by atoms with E-state index >= 15 is 0 Å². The van der Waals surface area contributed by atoms with Gasteiger partial charge in [0.15, 0.2) is 0 Å². The average molecular weight is 194 g/mol. The molecule has 74 valence electrons. The Labute approximate surface area is 80.4 Å². The molecule has 1 aromatic heterocycles. The number of hydrogen-bond acceptors (Lipinski definition) is 3. The van der Waals surface area contributed by atoms with Crippen molar-refractivity contribution >= 4 is 11.8 Å². The van der Waals surface area contributed by atoms with E-state index in [1.165, 1.54) is 0 Å². The molecular weight excluding hydrogens is 184 g/mol. The van der Waals surface area contributed by atoms with Gasteiger partial charge in [0, 0.05) is 17.9 Å². The van der Waals surface area contributed by atoms with Gasteiger partial charge in [-0.05, 0) is 12.8 Å². The van der Waals surface area contributed by atoms with Gasteiger partial charge in [-0.2, -0.15) is 0 Å². The van der Waals surface area contributed by atoms with Gasteiger partial charge in [0.05, 0.1) is 12.7 Å². The summed E-state index contributed by atoms with van der Waals surface area (Å²) in [4.78, 5) is 25.2. The smallest absolute Gasteiger partial charge is 0.372 e. The molecule has 0 bridgehead atoms. The Kier molecular flexibility index (Phi) is 2.07. The number of imidazole rings is 1. The Morgan fingerprint density at radius 2 is 2.29 bits per heavy atom. The van der Waals surface area contributed by atoms with Crippen molar-refractivity contribution in [2.75, 3.05) is 0 Å². The van der Waals surface area contributed by atoms with Gasteiger partial charge in [0.2, 0.25) is 5.78 Å². The summed E-state index contributed by atoms with van der Waals surface area (Å²) < 4.78 is 1.89. The topological polar surface area (TPSA) is 72.2 Å². The molecule has 2 rings (SSSR count). The van der Waals surface area contributed by atoms with E-state index in [1.54, 1.807) is 12.5 Å². The lowest BCUT2D eigenvalue weighted by Crippen LogP contribution is -2.17. The zero-order valence-electron chi connectivity index (χ0n) is 7.51. The summed E-state index contributed by atoms with van der Waals surface area (Å²) in [6.45, 7) is 0. The minimum absolute atomic E-state index is 0.0637. The molecule has 1 N–H and O–H groups in total. The van der Waals surface area contributed by atoms with Crippen LogP contribution in [0, 0.1) is 0 Å². The minimum atomic E-state index is -1.38. The number of Topliss-reactive ketones (excluding diaryl/α,β-unsaturated/α-hetero) is 1. The highest BCUT2D eigenvalue weighted by atomic mass is 16.4. The van der Waals surface area contributed by atoms with Crippen LogP contribution >= 0.6 is 0 Å². The van der Waals surface area contributed by atoms with Crippen molar-refractivity contribution in [1.29, 1.82) is 0 Å². The maximum atomic E-state index is 11.0. The summed E-state index contributed by atoms with van der Waals surface area (Å²) >= 11 is 0. The summed E-state index contributed by atoms with van der Waals surface area (Å²) in [7, 11) is 0. The number of ketones is 1. The molecule has 0 spiro atoms. The van der Waals surface area contributed by atoms with Crippen LogP contribution < -0.4 is 0 Å². The predicted molar refractivity (Wildman–Crippen MR) is 46.8 cm³/mol. The van der Waals surface area contributed by atoms with Crippen molar-refractivity contribution in [1.82, 2.24) is 9.55 Å². The molecule has 0 saturated heterocycles. The number of carbonyl (C=O) groups excluding carboxylic acids is 1. The number of nitrogens with zero attached hydrogens (tertiary/aromatic N) is 2. The SMILES string of the molecule is O=C(O)C(=O)Cc1cncn1C1CC1. The molecule has 1 saturated carbocycles. The standard InChI is InChI=1S/C9H10N2O3/c12-8(9(13)14)3-7-4-10-5-11(7)6-1-2-6/h4-6H,1-3H2,(H,13,14). The maximum absolute atomic E-state index is 11.0. The molecule has 1 heterocycles. The molecule has 0 unspecified atom stereocenters. The lowest BCUT2D eigenvalue weighted by atomic mass is 10.2. The lowest BCUT2D eigenvalue weighted by molar-refractivity contribution is -0.148. The summed E-state index contributed by atoms with van der Waals surface area (Å²) in [5, 5.41) is 8.45. The lowest BCUT2D eigenvalue weighted by Gasteiger charge is -2.03. The van der Waals surface area contributed by atoms with Crippen LogP contribution in [-0.4, -0.2) is 26.4 Å². The number of hydrogen-bond donors (Lipinski definition) is 1. The Balaban J connectivity index is 2.12. The number of rotatable bonds is 4. The van der Waals surface area contributed by atoms with Gasteiger partial charge in [-0.25, -0.2) is 9.78 Å². The van der Waals surface area contributed by atoms with E-state index in [0.717, 1.165) is 12.8 Å². The summed E-state index contributed by atoms with van der Waals surface area (Å²) in [5.74, 6) is -2.17. The van der Waals surface area contributed by atoms with Gasteiger partial charge in [0.1, 0.15) is 0 Å². The van der Waals surface area contributed by atoms with Crippen molar-refractivity contribution in [3.05, 3.63) is 18.2 Å². The summed E-state index contributed by atoms with van der Waals surface area (Å²) in [6, 6.07) is 0.425. The minimum Gasteiger partial charge on any atom is -0.475 e. The second-order valence-corrected chi connectivity index (χ2v) is 3.43. The first-order chi connectivity index (χ1) is 6.68. The van der Waals surface area contributed by atoms with Crippen LogP contribution in [-0.2, 0) is 16.0 Å². The number of carboxylic acid groups (broad SMARTS) is 1. The second-order valence-electron chi connectivity index (χ2n) is 3.43. The van der Waals surface area contributed by atoms with Gasteiger partial charge >= 0.3 is 5.97 Å². The van der Waals surface area contributed by atoms with E-state index in [4.69, 9.17) is 5.11 Å². The zero-order chi connectivity index (χ0) is 10.1. The highest BCUT2D eigenvalue weighted by molar-refractivity contribution is 6.33. The number of carbonyl (C=O) groups is 2. The van der Waals surface area contributed by atoms with E-state index in [0.29, 0.717) is 11.7 Å². The van der Waals surface area contributed by atoms with Crippen LogP contribution in [0.4, 0.5) is 0 Å². The molecule has 1 aromatic rings. The molecule has 14 heavy (non-hydrogen) atoms. The molecule has 5 nitrogen and oxygen atoms in total. The fourth-order valence-electron chi connectivity index (χ4n) is 1.39. The van der Waals surface area contributed by atoms with Crippen LogP contribution in [0.3, 0.4) is 0 Å². The maximum Gasteiger partial charge on any atom is 0.372 e. The first-order valence-electron chi connectivity index (χ1n) is 4.45. The summed E-state index contributed by atoms with van der Waals surface area (Å²) in [6.07, 6.45) is 5.32. The van der Waals surface area contributed by atoms with Crippen LogP contribution in [0.15, 0.2) is 12.5 Å². The third-order valence-electron chi connectivity index (χ3n) is 2.27. The van der Waals surface area contributed by atoms with E-state index in [9.17, 15) is 9.59 Å². The molecule has 1 aliphatic rings. The normalized spacial score (nSPS) is 15.4. The fourth-order valence-corrected chi connectivity index (χ4v) is 1.39. The molecule has 5 heteroatoms. The monoisotopic (exact) mass is 194 g/mol. The van der Waals surface area contributed by atoms with Gasteiger partial charge in [-0.1, -0.05) is 0 Å². The molecule has 0 atom stereocenters. The predicted octanol–water partition coefficient (Wildman–Crippen LogP) is 0.414. The van der Waals surface area contributed by atoms with E-state index in [-0.39, 0.29) is 6.42 Å². The molecule has 1 aliphatic carbocycles. The number of aromatic nitrogens is 2. The van der Waals surface area contributed by atoms with Crippen LogP contribution in [0.2, 0.25) is 0 Å². The van der Waals surface area contributed by atoms with E-state index in [2.05, 4.69) is 4.98 Å². The van der Waals surface area contributed by atoms with Gasteiger partial charge in [-0.15, -0.1) is 0 Å². The zero-order valence-corrected chi connectivity index (χ0v) is 7.51. The summed E-state index contributed by atoms with van der Waals surface area (Å²) in [5.41, 5.74) is 0.694. The molecular formula is C9H10N2O3. The van der Waals surface area contributed by atoms with Crippen molar-refractivity contribution in [3.8, 4) is 0 Å². The third-order valence-corrected chi connectivity index (χ3v) is 2.27. The van der Waals surface area contributed by atoms with Crippen molar-refractivity contribution in [2.45, 2.75) is 25.3 Å². The average Bonchev–Trinajstić information content (AvgIpc) is 2.88. The van der Waals surface area contributed by atoms with Crippen molar-refractivity contribution in [3.63, 3.8) is 0 Å². The highest BCUT2D eigenvalue weighted by Gasteiger charge is 2.26. The Bertz CT molecular complexity index is 379. The highest BCUT2D eigenvalue weighted by Crippen LogP contribution is 2.35. The Morgan fingerprint density at radius 1 is 1.57 bits per heavy atom. The largest absolute Gasteiger partial charge is 0.475 e. The number of aliphatic carboxylic acids is 1. The van der Waals surface area contributed by atoms with Crippen molar-refractivity contribution in [2.24, 2.45) is 0 Å². The Hall–Kier alpha value is -1.65. The van der Waals surface area contributed by atoms with E-state index in [1.807, 2.05) is 4.57 Å². The van der Waals surface area contributed by atoms with Crippen molar-refractivity contribution < 1.29 is 14.7 Å². The van der Waals surface area contributed by atoms with Gasteiger partial charge in [0.25, 0.3) is 0 Å². The quantitative estimate of drug-likeness (QED) is 0.705. The van der Waals surface area contributed by atoms with Gasteiger partial charge in [-0.3, -0.25) is 4.79 Å². The first kappa shape index (κ1) is 8.93. The molecule has 0 aliphatic heterocycles. The third kappa shape index (κ3) is 1.66.